The Balaban J connectivity index is 2.23. The smallest absolute Gasteiger partial charge is 0.123 e. The standard InChI is InChI=1S/C15H18FN/c1-12-5-6-14(16)9-13(12)10-15(11-17)7-3-2-4-8-15/h5-6,9H,2-4,7-8,10H2,1H3. The lowest BCUT2D eigenvalue weighted by atomic mass is 9.71. The third-order valence-electron chi connectivity index (χ3n) is 3.89. The van der Waals surface area contributed by atoms with Gasteiger partial charge in [0.2, 0.25) is 0 Å². The van der Waals surface area contributed by atoms with Crippen LogP contribution in [0.3, 0.4) is 0 Å². The SMILES string of the molecule is Cc1ccc(F)cc1CC1(C#N)CCCCC1. The van der Waals surface area contributed by atoms with Crippen molar-refractivity contribution < 1.29 is 4.39 Å². The Morgan fingerprint density at radius 3 is 2.65 bits per heavy atom. The molecule has 1 aliphatic carbocycles. The quantitative estimate of drug-likeness (QED) is 0.750. The van der Waals surface area contributed by atoms with Crippen LogP contribution < -0.4 is 0 Å². The fraction of sp³-hybridized carbons (Fsp3) is 0.533. The van der Waals surface area contributed by atoms with Gasteiger partial charge in [-0.05, 0) is 49.4 Å². The third kappa shape index (κ3) is 2.66. The van der Waals surface area contributed by atoms with E-state index in [4.69, 9.17) is 0 Å². The highest BCUT2D eigenvalue weighted by atomic mass is 19.1. The van der Waals surface area contributed by atoms with Gasteiger partial charge in [-0.25, -0.2) is 4.39 Å². The second kappa shape index (κ2) is 4.87. The zero-order valence-electron chi connectivity index (χ0n) is 10.3. The third-order valence-corrected chi connectivity index (χ3v) is 3.89. The summed E-state index contributed by atoms with van der Waals surface area (Å²) in [4.78, 5) is 0. The van der Waals surface area contributed by atoms with Gasteiger partial charge in [0, 0.05) is 0 Å². The molecule has 0 aliphatic heterocycles. The van der Waals surface area contributed by atoms with E-state index in [0.29, 0.717) is 6.42 Å². The Kier molecular flexibility index (Phi) is 3.47. The highest BCUT2D eigenvalue weighted by molar-refractivity contribution is 5.29. The van der Waals surface area contributed by atoms with Crippen molar-refractivity contribution in [2.45, 2.75) is 45.4 Å². The van der Waals surface area contributed by atoms with Gasteiger partial charge in [0.25, 0.3) is 0 Å². The van der Waals surface area contributed by atoms with E-state index in [0.717, 1.165) is 36.8 Å². The molecule has 0 N–H and O–H groups in total. The normalized spacial score (nSPS) is 18.6. The van der Waals surface area contributed by atoms with E-state index >= 15 is 0 Å². The van der Waals surface area contributed by atoms with Crippen molar-refractivity contribution in [1.29, 1.82) is 5.26 Å². The average molecular weight is 231 g/mol. The fourth-order valence-corrected chi connectivity index (χ4v) is 2.75. The van der Waals surface area contributed by atoms with Crippen LogP contribution in [0.4, 0.5) is 4.39 Å². The summed E-state index contributed by atoms with van der Waals surface area (Å²) >= 11 is 0. The van der Waals surface area contributed by atoms with Crippen LogP contribution in [0.1, 0.15) is 43.2 Å². The lowest BCUT2D eigenvalue weighted by molar-refractivity contribution is 0.265. The fourth-order valence-electron chi connectivity index (χ4n) is 2.75. The van der Waals surface area contributed by atoms with Crippen molar-refractivity contribution in [2.24, 2.45) is 5.41 Å². The summed E-state index contributed by atoms with van der Waals surface area (Å²) in [5.74, 6) is -0.200. The molecule has 0 radical (unpaired) electrons. The van der Waals surface area contributed by atoms with E-state index < -0.39 is 0 Å². The van der Waals surface area contributed by atoms with Crippen molar-refractivity contribution in [3.63, 3.8) is 0 Å². The highest BCUT2D eigenvalue weighted by Gasteiger charge is 2.32. The topological polar surface area (TPSA) is 23.8 Å². The molecule has 17 heavy (non-hydrogen) atoms. The Morgan fingerprint density at radius 1 is 1.29 bits per heavy atom. The molecule has 0 bridgehead atoms. The summed E-state index contributed by atoms with van der Waals surface area (Å²) in [6, 6.07) is 7.37. The molecular formula is C15H18FN. The summed E-state index contributed by atoms with van der Waals surface area (Å²) in [6.45, 7) is 1.99. The first-order chi connectivity index (χ1) is 8.15. The van der Waals surface area contributed by atoms with Crippen LogP contribution >= 0.6 is 0 Å². The van der Waals surface area contributed by atoms with Crippen LogP contribution in [-0.2, 0) is 6.42 Å². The summed E-state index contributed by atoms with van der Waals surface area (Å²) in [6.07, 6.45) is 6.10. The molecule has 1 aliphatic rings. The van der Waals surface area contributed by atoms with Gasteiger partial charge in [0.05, 0.1) is 11.5 Å². The largest absolute Gasteiger partial charge is 0.207 e. The maximum atomic E-state index is 13.2. The Morgan fingerprint density at radius 2 is 2.00 bits per heavy atom. The molecule has 0 unspecified atom stereocenters. The van der Waals surface area contributed by atoms with Crippen LogP contribution in [0.15, 0.2) is 18.2 Å². The molecule has 1 aromatic carbocycles. The molecule has 1 saturated carbocycles. The zero-order valence-corrected chi connectivity index (χ0v) is 10.3. The molecule has 0 saturated heterocycles. The lowest BCUT2D eigenvalue weighted by Crippen LogP contribution is -2.25. The van der Waals surface area contributed by atoms with E-state index in [9.17, 15) is 9.65 Å². The van der Waals surface area contributed by atoms with Crippen molar-refractivity contribution in [3.05, 3.63) is 35.1 Å². The number of halogens is 1. The molecule has 0 spiro atoms. The maximum absolute atomic E-state index is 13.2. The molecule has 90 valence electrons. The summed E-state index contributed by atoms with van der Waals surface area (Å²) < 4.78 is 13.2. The van der Waals surface area contributed by atoms with Crippen molar-refractivity contribution in [2.75, 3.05) is 0 Å². The first kappa shape index (κ1) is 12.1. The van der Waals surface area contributed by atoms with Crippen LogP contribution in [0, 0.1) is 29.5 Å². The predicted molar refractivity (Wildman–Crippen MR) is 66.0 cm³/mol. The van der Waals surface area contributed by atoms with Crippen LogP contribution in [0.5, 0.6) is 0 Å². The summed E-state index contributed by atoms with van der Waals surface area (Å²) in [5, 5.41) is 9.42. The molecule has 2 heteroatoms. The van der Waals surface area contributed by atoms with Gasteiger partial charge >= 0.3 is 0 Å². The Bertz CT molecular complexity index is 439. The number of rotatable bonds is 2. The van der Waals surface area contributed by atoms with Gasteiger partial charge in [-0.1, -0.05) is 25.3 Å². The predicted octanol–water partition coefficient (Wildman–Crippen LogP) is 4.15. The summed E-state index contributed by atoms with van der Waals surface area (Å²) in [7, 11) is 0. The monoisotopic (exact) mass is 231 g/mol. The van der Waals surface area contributed by atoms with Gasteiger partial charge < -0.3 is 0 Å². The van der Waals surface area contributed by atoms with Crippen molar-refractivity contribution in [3.8, 4) is 6.07 Å². The molecular weight excluding hydrogens is 213 g/mol. The molecule has 0 atom stereocenters. The molecule has 0 amide bonds. The number of hydrogen-bond donors (Lipinski definition) is 0. The van der Waals surface area contributed by atoms with Crippen molar-refractivity contribution >= 4 is 0 Å². The first-order valence-electron chi connectivity index (χ1n) is 6.31. The average Bonchev–Trinajstić information content (AvgIpc) is 2.35. The molecule has 1 fully saturated rings. The van der Waals surface area contributed by atoms with E-state index in [-0.39, 0.29) is 11.2 Å². The van der Waals surface area contributed by atoms with E-state index in [1.54, 1.807) is 12.1 Å². The van der Waals surface area contributed by atoms with Crippen molar-refractivity contribution in [1.82, 2.24) is 0 Å². The minimum absolute atomic E-state index is 0.200. The van der Waals surface area contributed by atoms with Gasteiger partial charge in [-0.2, -0.15) is 5.26 Å². The molecule has 0 heterocycles. The number of nitrogens with zero attached hydrogens (tertiary/aromatic N) is 1. The van der Waals surface area contributed by atoms with E-state index in [1.807, 2.05) is 6.92 Å². The Labute approximate surface area is 102 Å². The molecule has 1 nitrogen and oxygen atoms in total. The first-order valence-corrected chi connectivity index (χ1v) is 6.31. The summed E-state index contributed by atoms with van der Waals surface area (Å²) in [5.41, 5.74) is 1.83. The Hall–Kier alpha value is -1.36. The lowest BCUT2D eigenvalue weighted by Gasteiger charge is -2.31. The molecule has 2 rings (SSSR count). The van der Waals surface area contributed by atoms with Gasteiger partial charge in [0.1, 0.15) is 5.82 Å². The number of nitriles is 1. The number of benzene rings is 1. The number of hydrogen-bond acceptors (Lipinski definition) is 1. The maximum Gasteiger partial charge on any atom is 0.123 e. The van der Waals surface area contributed by atoms with Crippen LogP contribution in [0.2, 0.25) is 0 Å². The number of aryl methyl sites for hydroxylation is 1. The van der Waals surface area contributed by atoms with E-state index in [1.165, 1.54) is 12.5 Å². The van der Waals surface area contributed by atoms with Gasteiger partial charge in [-0.3, -0.25) is 0 Å². The van der Waals surface area contributed by atoms with Gasteiger partial charge in [0.15, 0.2) is 0 Å². The minimum atomic E-state index is -0.253. The molecule has 0 aromatic heterocycles. The second-order valence-electron chi connectivity index (χ2n) is 5.20. The zero-order chi connectivity index (χ0) is 12.3. The van der Waals surface area contributed by atoms with Gasteiger partial charge in [-0.15, -0.1) is 0 Å². The second-order valence-corrected chi connectivity index (χ2v) is 5.20. The highest BCUT2D eigenvalue weighted by Crippen LogP contribution is 2.39. The van der Waals surface area contributed by atoms with Crippen LogP contribution in [-0.4, -0.2) is 0 Å². The molecule has 1 aromatic rings. The van der Waals surface area contributed by atoms with Crippen LogP contribution in [0.25, 0.3) is 0 Å². The van der Waals surface area contributed by atoms with E-state index in [2.05, 4.69) is 6.07 Å². The minimum Gasteiger partial charge on any atom is -0.207 e.